The lowest BCUT2D eigenvalue weighted by atomic mass is 9.76. The van der Waals surface area contributed by atoms with Crippen LogP contribution in [0.2, 0.25) is 0 Å². The summed E-state index contributed by atoms with van der Waals surface area (Å²) in [6.45, 7) is 7.91. The maximum atomic E-state index is 12.9. The Bertz CT molecular complexity index is 1200. The van der Waals surface area contributed by atoms with Crippen molar-refractivity contribution >= 4 is 16.9 Å². The summed E-state index contributed by atoms with van der Waals surface area (Å²) in [6.07, 6.45) is 3.95. The number of furan rings is 1. The van der Waals surface area contributed by atoms with E-state index < -0.39 is 0 Å². The molecule has 2 saturated heterocycles. The standard InChI is InChI=1S/C25H30N4O3/c1-17-18-4-2-3-5-20(18)32-21(17)16-28-10-8-25(9-11-28)7-6-19-22(25)26-24(27-23(19)30)29-12-14-31-15-13-29/h2-5H,6-16H2,1H3,(H,26,27,30). The lowest BCUT2D eigenvalue weighted by molar-refractivity contribution is 0.121. The fraction of sp³-hybridized carbons (Fsp3) is 0.520. The molecule has 1 aliphatic carbocycles. The van der Waals surface area contributed by atoms with Gasteiger partial charge in [-0.25, -0.2) is 4.98 Å². The van der Waals surface area contributed by atoms with Crippen LogP contribution in [0.25, 0.3) is 11.0 Å². The van der Waals surface area contributed by atoms with Gasteiger partial charge in [-0.2, -0.15) is 0 Å². The predicted octanol–water partition coefficient (Wildman–Crippen LogP) is 3.14. The molecule has 32 heavy (non-hydrogen) atoms. The molecule has 0 unspecified atom stereocenters. The van der Waals surface area contributed by atoms with Gasteiger partial charge in [0.15, 0.2) is 0 Å². The van der Waals surface area contributed by atoms with Gasteiger partial charge < -0.3 is 14.1 Å². The average Bonchev–Trinajstić information content (AvgIpc) is 3.34. The Labute approximate surface area is 187 Å². The number of ether oxygens (including phenoxy) is 1. The Morgan fingerprint density at radius 3 is 2.66 bits per heavy atom. The van der Waals surface area contributed by atoms with Crippen molar-refractivity contribution < 1.29 is 9.15 Å². The first-order valence-corrected chi connectivity index (χ1v) is 11.8. The van der Waals surface area contributed by atoms with Crippen molar-refractivity contribution in [3.05, 3.63) is 57.2 Å². The van der Waals surface area contributed by atoms with Crippen molar-refractivity contribution in [2.24, 2.45) is 0 Å². The monoisotopic (exact) mass is 434 g/mol. The molecule has 1 aromatic carbocycles. The molecule has 1 N–H and O–H groups in total. The van der Waals surface area contributed by atoms with Gasteiger partial charge in [-0.05, 0) is 57.3 Å². The quantitative estimate of drug-likeness (QED) is 0.683. The van der Waals surface area contributed by atoms with Gasteiger partial charge in [0.2, 0.25) is 5.95 Å². The van der Waals surface area contributed by atoms with E-state index in [0.717, 1.165) is 87.0 Å². The number of hydrogen-bond acceptors (Lipinski definition) is 6. The van der Waals surface area contributed by atoms with Crippen molar-refractivity contribution in [1.82, 2.24) is 14.9 Å². The zero-order valence-corrected chi connectivity index (χ0v) is 18.7. The minimum absolute atomic E-state index is 0.0318. The van der Waals surface area contributed by atoms with Crippen molar-refractivity contribution in [2.45, 2.75) is 44.6 Å². The smallest absolute Gasteiger partial charge is 0.255 e. The molecule has 4 heterocycles. The van der Waals surface area contributed by atoms with Crippen molar-refractivity contribution in [3.63, 3.8) is 0 Å². The SMILES string of the molecule is Cc1c(CN2CCC3(CCc4c3nc(N3CCOCC3)[nH]c4=O)CC2)oc2ccccc12. The molecule has 0 radical (unpaired) electrons. The van der Waals surface area contributed by atoms with Crippen LogP contribution in [0.5, 0.6) is 0 Å². The lowest BCUT2D eigenvalue weighted by Crippen LogP contribution is -2.43. The number of aromatic amines is 1. The fourth-order valence-electron chi connectivity index (χ4n) is 5.77. The highest BCUT2D eigenvalue weighted by Crippen LogP contribution is 2.45. The highest BCUT2D eigenvalue weighted by molar-refractivity contribution is 5.81. The fourth-order valence-corrected chi connectivity index (χ4v) is 5.77. The normalized spacial score (nSPS) is 20.8. The second kappa shape index (κ2) is 7.74. The molecule has 0 amide bonds. The predicted molar refractivity (Wildman–Crippen MR) is 123 cm³/mol. The summed E-state index contributed by atoms with van der Waals surface area (Å²) in [5, 5.41) is 1.21. The Hall–Kier alpha value is -2.64. The number of aromatic nitrogens is 2. The molecule has 0 bridgehead atoms. The third-order valence-corrected chi connectivity index (χ3v) is 7.79. The Kier molecular flexibility index (Phi) is 4.84. The third-order valence-electron chi connectivity index (χ3n) is 7.79. The number of morpholine rings is 1. The number of aryl methyl sites for hydroxylation is 1. The largest absolute Gasteiger partial charge is 0.459 e. The maximum Gasteiger partial charge on any atom is 0.255 e. The zero-order chi connectivity index (χ0) is 21.7. The van der Waals surface area contributed by atoms with Gasteiger partial charge in [-0.15, -0.1) is 0 Å². The van der Waals surface area contributed by atoms with Crippen molar-refractivity contribution in [1.29, 1.82) is 0 Å². The minimum atomic E-state index is 0.0318. The van der Waals surface area contributed by atoms with E-state index in [9.17, 15) is 4.79 Å². The molecule has 3 aliphatic rings. The van der Waals surface area contributed by atoms with Crippen LogP contribution in [0.3, 0.4) is 0 Å². The topological polar surface area (TPSA) is 74.6 Å². The second-order valence-corrected chi connectivity index (χ2v) is 9.52. The van der Waals surface area contributed by atoms with Gasteiger partial charge in [-0.3, -0.25) is 14.7 Å². The maximum absolute atomic E-state index is 12.9. The number of rotatable bonds is 3. The van der Waals surface area contributed by atoms with Gasteiger partial charge in [0.1, 0.15) is 11.3 Å². The summed E-state index contributed by atoms with van der Waals surface area (Å²) >= 11 is 0. The Balaban J connectivity index is 1.22. The molecule has 6 rings (SSSR count). The molecule has 7 nitrogen and oxygen atoms in total. The van der Waals surface area contributed by atoms with E-state index in [-0.39, 0.29) is 11.0 Å². The molecule has 0 atom stereocenters. The second-order valence-electron chi connectivity index (χ2n) is 9.52. The first kappa shape index (κ1) is 20.0. The number of likely N-dealkylation sites (tertiary alicyclic amines) is 1. The summed E-state index contributed by atoms with van der Waals surface area (Å²) < 4.78 is 11.6. The molecule has 2 aliphatic heterocycles. The van der Waals surface area contributed by atoms with Gasteiger partial charge >= 0.3 is 0 Å². The molecule has 3 aromatic rings. The number of hydrogen-bond donors (Lipinski definition) is 1. The van der Waals surface area contributed by atoms with Gasteiger partial charge in [0, 0.05) is 29.5 Å². The Morgan fingerprint density at radius 1 is 1.09 bits per heavy atom. The lowest BCUT2D eigenvalue weighted by Gasteiger charge is -2.39. The molecule has 2 fully saturated rings. The van der Waals surface area contributed by atoms with E-state index in [1.807, 2.05) is 12.1 Å². The highest BCUT2D eigenvalue weighted by Gasteiger charge is 2.44. The number of fused-ring (bicyclic) bond motifs is 3. The summed E-state index contributed by atoms with van der Waals surface area (Å²) in [4.78, 5) is 25.6. The summed E-state index contributed by atoms with van der Waals surface area (Å²) in [7, 11) is 0. The summed E-state index contributed by atoms with van der Waals surface area (Å²) in [5.41, 5.74) is 4.26. The number of H-pyrrole nitrogens is 1. The summed E-state index contributed by atoms with van der Waals surface area (Å²) in [6, 6.07) is 8.27. The van der Waals surface area contributed by atoms with Crippen LogP contribution in [0, 0.1) is 6.92 Å². The van der Waals surface area contributed by atoms with Crippen LogP contribution >= 0.6 is 0 Å². The van der Waals surface area contributed by atoms with Crippen LogP contribution in [0.4, 0.5) is 5.95 Å². The van der Waals surface area contributed by atoms with Crippen molar-refractivity contribution in [2.75, 3.05) is 44.3 Å². The Morgan fingerprint density at radius 2 is 1.88 bits per heavy atom. The molecule has 7 heteroatoms. The number of nitrogens with one attached hydrogen (secondary N) is 1. The van der Waals surface area contributed by atoms with E-state index >= 15 is 0 Å². The number of benzene rings is 1. The van der Waals surface area contributed by atoms with E-state index in [1.54, 1.807) is 0 Å². The highest BCUT2D eigenvalue weighted by atomic mass is 16.5. The molecular weight excluding hydrogens is 404 g/mol. The first-order valence-electron chi connectivity index (χ1n) is 11.8. The molecule has 0 saturated carbocycles. The third kappa shape index (κ3) is 3.26. The first-order chi connectivity index (χ1) is 15.6. The van der Waals surface area contributed by atoms with Gasteiger partial charge in [0.25, 0.3) is 5.56 Å². The number of anilines is 1. The van der Waals surface area contributed by atoms with Crippen LogP contribution in [-0.4, -0.2) is 54.3 Å². The zero-order valence-electron chi connectivity index (χ0n) is 18.7. The number of para-hydroxylation sites is 1. The molecule has 1 spiro atoms. The van der Waals surface area contributed by atoms with Crippen LogP contribution in [0.1, 0.15) is 41.8 Å². The molecular formula is C25H30N4O3. The number of nitrogens with zero attached hydrogens (tertiary/aromatic N) is 3. The van der Waals surface area contributed by atoms with Gasteiger partial charge in [-0.1, -0.05) is 18.2 Å². The summed E-state index contributed by atoms with van der Waals surface area (Å²) in [5.74, 6) is 1.79. The van der Waals surface area contributed by atoms with E-state index in [4.69, 9.17) is 14.1 Å². The average molecular weight is 435 g/mol. The molecule has 2 aromatic heterocycles. The van der Waals surface area contributed by atoms with Gasteiger partial charge in [0.05, 0.1) is 25.5 Å². The number of piperidine rings is 1. The van der Waals surface area contributed by atoms with Crippen LogP contribution < -0.4 is 10.5 Å². The molecule has 168 valence electrons. The van der Waals surface area contributed by atoms with Crippen LogP contribution in [-0.2, 0) is 23.1 Å². The van der Waals surface area contributed by atoms with E-state index in [1.165, 1.54) is 10.9 Å². The van der Waals surface area contributed by atoms with E-state index in [2.05, 4.69) is 33.8 Å². The van der Waals surface area contributed by atoms with E-state index in [0.29, 0.717) is 13.2 Å². The van der Waals surface area contributed by atoms with Crippen LogP contribution in [0.15, 0.2) is 33.5 Å². The minimum Gasteiger partial charge on any atom is -0.459 e. The van der Waals surface area contributed by atoms with Crippen molar-refractivity contribution in [3.8, 4) is 0 Å².